The number of nitrogens with two attached hydrogens (primary N) is 1. The summed E-state index contributed by atoms with van der Waals surface area (Å²) >= 11 is 0. The smallest absolute Gasteiger partial charge is 0.0252 e. The van der Waals surface area contributed by atoms with Gasteiger partial charge < -0.3 is 5.73 Å². The van der Waals surface area contributed by atoms with Crippen LogP contribution in [0.3, 0.4) is 0 Å². The number of hydrogen-bond acceptors (Lipinski definition) is 2. The zero-order valence-electron chi connectivity index (χ0n) is 11.4. The minimum absolute atomic E-state index is 0.320. The van der Waals surface area contributed by atoms with Crippen LogP contribution in [0.25, 0.3) is 0 Å². The third-order valence-electron chi connectivity index (χ3n) is 5.11. The van der Waals surface area contributed by atoms with Crippen molar-refractivity contribution in [1.82, 2.24) is 4.90 Å². The predicted molar refractivity (Wildman–Crippen MR) is 69.3 cm³/mol. The average molecular weight is 224 g/mol. The molecule has 2 N–H and O–H groups in total. The van der Waals surface area contributed by atoms with E-state index < -0.39 is 0 Å². The summed E-state index contributed by atoms with van der Waals surface area (Å²) in [6.45, 7) is 7.05. The van der Waals surface area contributed by atoms with Gasteiger partial charge in [0.05, 0.1) is 0 Å². The van der Waals surface area contributed by atoms with Crippen molar-refractivity contribution < 1.29 is 0 Å². The fourth-order valence-corrected chi connectivity index (χ4v) is 3.30. The van der Waals surface area contributed by atoms with Gasteiger partial charge in [-0.05, 0) is 51.0 Å². The van der Waals surface area contributed by atoms with E-state index >= 15 is 0 Å². The highest BCUT2D eigenvalue weighted by Gasteiger charge is 2.41. The van der Waals surface area contributed by atoms with Crippen LogP contribution in [-0.4, -0.2) is 30.1 Å². The second-order valence-corrected chi connectivity index (χ2v) is 6.72. The highest BCUT2D eigenvalue weighted by Crippen LogP contribution is 2.40. The molecule has 0 bridgehead atoms. The summed E-state index contributed by atoms with van der Waals surface area (Å²) in [5.41, 5.74) is 6.79. The number of nitrogens with zero attached hydrogens (tertiary/aromatic N) is 1. The highest BCUT2D eigenvalue weighted by atomic mass is 15.2. The highest BCUT2D eigenvalue weighted by molar-refractivity contribution is 4.98. The van der Waals surface area contributed by atoms with Crippen LogP contribution in [0, 0.1) is 11.3 Å². The molecule has 2 fully saturated rings. The first-order valence-corrected chi connectivity index (χ1v) is 6.91. The standard InChI is InChI=1S/C14H28N2/c1-10(11-7-8-11)16(4)12-6-5-9-14(2,3)13(12)15/h10-13H,5-9,15H2,1-4H3. The largest absolute Gasteiger partial charge is 0.326 e. The lowest BCUT2D eigenvalue weighted by atomic mass is 9.70. The Labute approximate surface area is 101 Å². The predicted octanol–water partition coefficient (Wildman–Crippen LogP) is 2.62. The fourth-order valence-electron chi connectivity index (χ4n) is 3.30. The Bertz CT molecular complexity index is 245. The molecule has 0 aromatic carbocycles. The normalized spacial score (nSPS) is 36.4. The molecule has 2 saturated carbocycles. The SMILES string of the molecule is CC(C1CC1)N(C)C1CCCC(C)(C)C1N. The van der Waals surface area contributed by atoms with Gasteiger partial charge in [-0.3, -0.25) is 4.90 Å². The zero-order chi connectivity index (χ0) is 11.9. The van der Waals surface area contributed by atoms with Gasteiger partial charge in [-0.1, -0.05) is 20.3 Å². The van der Waals surface area contributed by atoms with Crippen LogP contribution in [0.1, 0.15) is 52.9 Å². The van der Waals surface area contributed by atoms with E-state index in [1.165, 1.54) is 32.1 Å². The molecule has 2 aliphatic rings. The van der Waals surface area contributed by atoms with Gasteiger partial charge in [0, 0.05) is 18.1 Å². The Hall–Kier alpha value is -0.0800. The van der Waals surface area contributed by atoms with E-state index in [9.17, 15) is 0 Å². The molecule has 2 heteroatoms. The molecule has 0 saturated heterocycles. The second kappa shape index (κ2) is 4.30. The molecule has 3 atom stereocenters. The van der Waals surface area contributed by atoms with Crippen molar-refractivity contribution in [2.24, 2.45) is 17.1 Å². The molecule has 0 aromatic heterocycles. The van der Waals surface area contributed by atoms with Crippen LogP contribution >= 0.6 is 0 Å². The van der Waals surface area contributed by atoms with Gasteiger partial charge in [0.1, 0.15) is 0 Å². The monoisotopic (exact) mass is 224 g/mol. The van der Waals surface area contributed by atoms with Crippen LogP contribution in [0.4, 0.5) is 0 Å². The third-order valence-corrected chi connectivity index (χ3v) is 5.11. The molecular formula is C14H28N2. The lowest BCUT2D eigenvalue weighted by Gasteiger charge is -2.47. The lowest BCUT2D eigenvalue weighted by molar-refractivity contribution is 0.0566. The molecule has 2 rings (SSSR count). The molecule has 0 aromatic rings. The van der Waals surface area contributed by atoms with Gasteiger partial charge in [-0.15, -0.1) is 0 Å². The molecule has 16 heavy (non-hydrogen) atoms. The Morgan fingerprint density at radius 3 is 2.44 bits per heavy atom. The minimum Gasteiger partial charge on any atom is -0.326 e. The van der Waals surface area contributed by atoms with E-state index in [2.05, 4.69) is 32.7 Å². The maximum Gasteiger partial charge on any atom is 0.0252 e. The molecule has 2 nitrogen and oxygen atoms in total. The Balaban J connectivity index is 2.01. The van der Waals surface area contributed by atoms with Gasteiger partial charge >= 0.3 is 0 Å². The number of rotatable bonds is 3. The van der Waals surface area contributed by atoms with Gasteiger partial charge in [-0.2, -0.15) is 0 Å². The van der Waals surface area contributed by atoms with E-state index in [1.807, 2.05) is 0 Å². The first-order valence-electron chi connectivity index (χ1n) is 6.91. The quantitative estimate of drug-likeness (QED) is 0.798. The Morgan fingerprint density at radius 2 is 1.88 bits per heavy atom. The first-order chi connectivity index (χ1) is 7.43. The second-order valence-electron chi connectivity index (χ2n) is 6.72. The van der Waals surface area contributed by atoms with Crippen molar-refractivity contribution in [1.29, 1.82) is 0 Å². The fraction of sp³-hybridized carbons (Fsp3) is 1.00. The molecule has 2 aliphatic carbocycles. The van der Waals surface area contributed by atoms with E-state index in [0.29, 0.717) is 17.5 Å². The lowest BCUT2D eigenvalue weighted by Crippen LogP contribution is -2.57. The maximum absolute atomic E-state index is 6.47. The van der Waals surface area contributed by atoms with Crippen LogP contribution in [0.2, 0.25) is 0 Å². The van der Waals surface area contributed by atoms with Crippen molar-refractivity contribution in [3.8, 4) is 0 Å². The third kappa shape index (κ3) is 2.28. The zero-order valence-corrected chi connectivity index (χ0v) is 11.4. The summed E-state index contributed by atoms with van der Waals surface area (Å²) in [4.78, 5) is 2.57. The number of likely N-dealkylation sites (N-methyl/N-ethyl adjacent to an activating group) is 1. The van der Waals surface area contributed by atoms with Gasteiger partial charge in [0.25, 0.3) is 0 Å². The molecule has 0 aliphatic heterocycles. The summed E-state index contributed by atoms with van der Waals surface area (Å²) in [6.07, 6.45) is 6.77. The van der Waals surface area contributed by atoms with Crippen LogP contribution in [0.15, 0.2) is 0 Å². The number of hydrogen-bond donors (Lipinski definition) is 1. The van der Waals surface area contributed by atoms with Gasteiger partial charge in [-0.25, -0.2) is 0 Å². The minimum atomic E-state index is 0.320. The Kier molecular flexibility index (Phi) is 3.33. The van der Waals surface area contributed by atoms with Crippen molar-refractivity contribution in [2.75, 3.05) is 7.05 Å². The summed E-state index contributed by atoms with van der Waals surface area (Å²) in [5, 5.41) is 0. The summed E-state index contributed by atoms with van der Waals surface area (Å²) in [6, 6.07) is 1.66. The molecule has 0 amide bonds. The van der Waals surface area contributed by atoms with Crippen LogP contribution < -0.4 is 5.73 Å². The molecule has 0 heterocycles. The molecule has 3 unspecified atom stereocenters. The Morgan fingerprint density at radius 1 is 1.25 bits per heavy atom. The van der Waals surface area contributed by atoms with Crippen molar-refractivity contribution in [3.63, 3.8) is 0 Å². The van der Waals surface area contributed by atoms with Crippen LogP contribution in [0.5, 0.6) is 0 Å². The van der Waals surface area contributed by atoms with E-state index in [4.69, 9.17) is 5.73 Å². The van der Waals surface area contributed by atoms with Gasteiger partial charge in [0.2, 0.25) is 0 Å². The summed E-state index contributed by atoms with van der Waals surface area (Å²) in [5.74, 6) is 0.947. The van der Waals surface area contributed by atoms with Crippen molar-refractivity contribution >= 4 is 0 Å². The molecule has 0 radical (unpaired) electrons. The van der Waals surface area contributed by atoms with E-state index in [0.717, 1.165) is 12.0 Å². The van der Waals surface area contributed by atoms with Gasteiger partial charge in [0.15, 0.2) is 0 Å². The summed E-state index contributed by atoms with van der Waals surface area (Å²) < 4.78 is 0. The van der Waals surface area contributed by atoms with Crippen LogP contribution in [-0.2, 0) is 0 Å². The van der Waals surface area contributed by atoms with Crippen molar-refractivity contribution in [3.05, 3.63) is 0 Å². The maximum atomic E-state index is 6.47. The van der Waals surface area contributed by atoms with E-state index in [-0.39, 0.29) is 0 Å². The average Bonchev–Trinajstić information content (AvgIpc) is 3.03. The molecule has 0 spiro atoms. The molecular weight excluding hydrogens is 196 g/mol. The van der Waals surface area contributed by atoms with Crippen molar-refractivity contribution in [2.45, 2.75) is 71.0 Å². The van der Waals surface area contributed by atoms with E-state index in [1.54, 1.807) is 0 Å². The summed E-state index contributed by atoms with van der Waals surface area (Å²) in [7, 11) is 2.29. The first kappa shape index (κ1) is 12.4. The topological polar surface area (TPSA) is 29.3 Å². The molecule has 94 valence electrons.